The van der Waals surface area contributed by atoms with Crippen molar-refractivity contribution in [3.05, 3.63) is 0 Å². The highest BCUT2D eigenvalue weighted by Gasteiger charge is 2.15. The Bertz CT molecular complexity index is 120. The summed E-state index contributed by atoms with van der Waals surface area (Å²) in [5.74, 6) is 1.64. The smallest absolute Gasteiger partial charge is 0.00897 e. The van der Waals surface area contributed by atoms with Crippen molar-refractivity contribution in [2.45, 2.75) is 65.8 Å². The Labute approximate surface area is 90.7 Å². The highest BCUT2D eigenvalue weighted by Crippen LogP contribution is 2.18. The van der Waals surface area contributed by atoms with Gasteiger partial charge in [-0.05, 0) is 31.7 Å². The van der Waals surface area contributed by atoms with E-state index in [0.717, 1.165) is 17.9 Å². The molecule has 0 aromatic heterocycles. The fourth-order valence-corrected chi connectivity index (χ4v) is 2.24. The lowest BCUT2D eigenvalue weighted by atomic mass is 9.89. The molecule has 0 aromatic carbocycles. The van der Waals surface area contributed by atoms with Gasteiger partial charge in [-0.3, -0.25) is 0 Å². The van der Waals surface area contributed by atoms with E-state index in [4.69, 9.17) is 0 Å². The SMILES string of the molecule is CCCCCC(NC)C(C)CC(C)C. The fraction of sp³-hybridized carbons (Fsp3) is 1.00. The summed E-state index contributed by atoms with van der Waals surface area (Å²) in [4.78, 5) is 0. The largest absolute Gasteiger partial charge is 0.317 e. The molecule has 1 heteroatoms. The number of unbranched alkanes of at least 4 members (excludes halogenated alkanes) is 2. The number of hydrogen-bond acceptors (Lipinski definition) is 1. The second-order valence-corrected chi connectivity index (χ2v) is 5.00. The maximum absolute atomic E-state index is 3.47. The summed E-state index contributed by atoms with van der Waals surface area (Å²) in [6.45, 7) is 9.28. The first-order chi connectivity index (χ1) is 6.61. The summed E-state index contributed by atoms with van der Waals surface area (Å²) in [5, 5.41) is 3.47. The molecule has 0 aliphatic carbocycles. The lowest BCUT2D eigenvalue weighted by molar-refractivity contribution is 0.316. The number of hydrogen-bond donors (Lipinski definition) is 1. The Morgan fingerprint density at radius 1 is 1.07 bits per heavy atom. The molecule has 0 heterocycles. The van der Waals surface area contributed by atoms with Crippen LogP contribution in [0.2, 0.25) is 0 Å². The van der Waals surface area contributed by atoms with E-state index < -0.39 is 0 Å². The zero-order valence-corrected chi connectivity index (χ0v) is 10.8. The molecule has 0 bridgehead atoms. The van der Waals surface area contributed by atoms with Crippen LogP contribution in [0.4, 0.5) is 0 Å². The van der Waals surface area contributed by atoms with Crippen LogP contribution in [0.1, 0.15) is 59.8 Å². The first-order valence-electron chi connectivity index (χ1n) is 6.29. The molecule has 0 saturated heterocycles. The van der Waals surface area contributed by atoms with E-state index in [9.17, 15) is 0 Å². The molecule has 86 valence electrons. The van der Waals surface area contributed by atoms with Gasteiger partial charge in [0, 0.05) is 6.04 Å². The van der Waals surface area contributed by atoms with E-state index in [1.54, 1.807) is 0 Å². The lowest BCUT2D eigenvalue weighted by Gasteiger charge is -2.25. The maximum atomic E-state index is 3.47. The maximum Gasteiger partial charge on any atom is 0.00897 e. The standard InChI is InChI=1S/C13H29N/c1-6-7-8-9-13(14-5)12(4)10-11(2)3/h11-14H,6-10H2,1-5H3. The fourth-order valence-electron chi connectivity index (χ4n) is 2.24. The monoisotopic (exact) mass is 199 g/mol. The molecule has 0 spiro atoms. The molecular formula is C13H29N. The van der Waals surface area contributed by atoms with Crippen molar-refractivity contribution in [2.24, 2.45) is 11.8 Å². The molecule has 2 unspecified atom stereocenters. The lowest BCUT2D eigenvalue weighted by Crippen LogP contribution is -2.32. The summed E-state index contributed by atoms with van der Waals surface area (Å²) in [5.41, 5.74) is 0. The van der Waals surface area contributed by atoms with E-state index >= 15 is 0 Å². The molecule has 1 N–H and O–H groups in total. The topological polar surface area (TPSA) is 12.0 Å². The molecule has 0 saturated carbocycles. The Kier molecular flexibility index (Phi) is 8.26. The molecular weight excluding hydrogens is 170 g/mol. The number of rotatable bonds is 8. The van der Waals surface area contributed by atoms with Gasteiger partial charge in [0.15, 0.2) is 0 Å². The van der Waals surface area contributed by atoms with Gasteiger partial charge in [0.1, 0.15) is 0 Å². The van der Waals surface area contributed by atoms with Crippen molar-refractivity contribution in [1.82, 2.24) is 5.32 Å². The van der Waals surface area contributed by atoms with Crippen molar-refractivity contribution >= 4 is 0 Å². The quantitative estimate of drug-likeness (QED) is 0.586. The first kappa shape index (κ1) is 14.0. The van der Waals surface area contributed by atoms with Gasteiger partial charge in [-0.25, -0.2) is 0 Å². The zero-order chi connectivity index (χ0) is 11.0. The van der Waals surface area contributed by atoms with Gasteiger partial charge in [0.05, 0.1) is 0 Å². The van der Waals surface area contributed by atoms with Crippen LogP contribution < -0.4 is 5.32 Å². The van der Waals surface area contributed by atoms with Crippen LogP contribution in [0.5, 0.6) is 0 Å². The molecule has 0 fully saturated rings. The summed E-state index contributed by atoms with van der Waals surface area (Å²) < 4.78 is 0. The van der Waals surface area contributed by atoms with Crippen molar-refractivity contribution in [3.63, 3.8) is 0 Å². The van der Waals surface area contributed by atoms with Crippen molar-refractivity contribution in [1.29, 1.82) is 0 Å². The van der Waals surface area contributed by atoms with Crippen molar-refractivity contribution < 1.29 is 0 Å². The third kappa shape index (κ3) is 6.42. The summed E-state index contributed by atoms with van der Waals surface area (Å²) in [6.07, 6.45) is 6.78. The minimum absolute atomic E-state index is 0.726. The Balaban J connectivity index is 3.74. The number of nitrogens with one attached hydrogen (secondary N) is 1. The van der Waals surface area contributed by atoms with E-state index in [0.29, 0.717) is 0 Å². The molecule has 0 radical (unpaired) electrons. The Morgan fingerprint density at radius 3 is 2.14 bits per heavy atom. The molecule has 0 amide bonds. The van der Waals surface area contributed by atoms with Gasteiger partial charge in [-0.15, -0.1) is 0 Å². The molecule has 2 atom stereocenters. The molecule has 0 aliphatic rings. The van der Waals surface area contributed by atoms with Crippen LogP contribution in [0.25, 0.3) is 0 Å². The molecule has 1 nitrogen and oxygen atoms in total. The normalized spacial score (nSPS) is 15.9. The minimum Gasteiger partial charge on any atom is -0.317 e. The molecule has 14 heavy (non-hydrogen) atoms. The Morgan fingerprint density at radius 2 is 1.71 bits per heavy atom. The van der Waals surface area contributed by atoms with Gasteiger partial charge < -0.3 is 5.32 Å². The van der Waals surface area contributed by atoms with E-state index in [1.807, 2.05) is 0 Å². The van der Waals surface area contributed by atoms with Gasteiger partial charge in [-0.2, -0.15) is 0 Å². The van der Waals surface area contributed by atoms with Gasteiger partial charge in [0.25, 0.3) is 0 Å². The van der Waals surface area contributed by atoms with Crippen LogP contribution in [0.15, 0.2) is 0 Å². The molecule has 0 aromatic rings. The van der Waals surface area contributed by atoms with Gasteiger partial charge in [0.2, 0.25) is 0 Å². The van der Waals surface area contributed by atoms with E-state index in [1.165, 1.54) is 32.1 Å². The van der Waals surface area contributed by atoms with E-state index in [2.05, 4.69) is 40.1 Å². The molecule has 0 aliphatic heterocycles. The average Bonchev–Trinajstić information content (AvgIpc) is 2.11. The third-order valence-corrected chi connectivity index (χ3v) is 3.02. The van der Waals surface area contributed by atoms with Crippen LogP contribution in [-0.4, -0.2) is 13.1 Å². The predicted octanol–water partition coefficient (Wildman–Crippen LogP) is 3.84. The van der Waals surface area contributed by atoms with Crippen LogP contribution in [0, 0.1) is 11.8 Å². The first-order valence-corrected chi connectivity index (χ1v) is 6.29. The second-order valence-electron chi connectivity index (χ2n) is 5.00. The summed E-state index contributed by atoms with van der Waals surface area (Å²) in [6, 6.07) is 0.726. The highest BCUT2D eigenvalue weighted by molar-refractivity contribution is 4.72. The molecule has 0 rings (SSSR count). The summed E-state index contributed by atoms with van der Waals surface area (Å²) >= 11 is 0. The second kappa shape index (κ2) is 8.28. The average molecular weight is 199 g/mol. The predicted molar refractivity (Wildman–Crippen MR) is 65.6 cm³/mol. The van der Waals surface area contributed by atoms with Gasteiger partial charge in [-0.1, -0.05) is 47.0 Å². The van der Waals surface area contributed by atoms with Crippen molar-refractivity contribution in [3.8, 4) is 0 Å². The summed E-state index contributed by atoms with van der Waals surface area (Å²) in [7, 11) is 2.10. The van der Waals surface area contributed by atoms with Gasteiger partial charge >= 0.3 is 0 Å². The minimum atomic E-state index is 0.726. The highest BCUT2D eigenvalue weighted by atomic mass is 14.9. The Hall–Kier alpha value is -0.0400. The van der Waals surface area contributed by atoms with Crippen LogP contribution >= 0.6 is 0 Å². The van der Waals surface area contributed by atoms with Crippen LogP contribution in [-0.2, 0) is 0 Å². The zero-order valence-electron chi connectivity index (χ0n) is 10.8. The van der Waals surface area contributed by atoms with Crippen LogP contribution in [0.3, 0.4) is 0 Å². The van der Waals surface area contributed by atoms with E-state index in [-0.39, 0.29) is 0 Å². The van der Waals surface area contributed by atoms with Crippen molar-refractivity contribution in [2.75, 3.05) is 7.05 Å². The third-order valence-electron chi connectivity index (χ3n) is 3.02.